The Balaban J connectivity index is 1.81. The SMILES string of the molecule is N[C@H]1CCN(c2cc3c(cc2F)c(=O)c(C(=O)O)cn3-c2ccc3ccccc3c2)C1. The molecule has 1 aromatic heterocycles. The molecule has 5 rings (SSSR count). The second-order valence-corrected chi connectivity index (χ2v) is 7.89. The summed E-state index contributed by atoms with van der Waals surface area (Å²) in [6.07, 6.45) is 2.07. The van der Waals surface area contributed by atoms with Gasteiger partial charge in [0.15, 0.2) is 0 Å². The van der Waals surface area contributed by atoms with Gasteiger partial charge in [-0.05, 0) is 41.5 Å². The van der Waals surface area contributed by atoms with Crippen molar-refractivity contribution in [2.24, 2.45) is 5.73 Å². The van der Waals surface area contributed by atoms with E-state index in [-0.39, 0.29) is 11.4 Å². The highest BCUT2D eigenvalue weighted by Gasteiger charge is 2.24. The van der Waals surface area contributed by atoms with Crippen molar-refractivity contribution in [1.82, 2.24) is 4.57 Å². The number of aromatic nitrogens is 1. The molecule has 7 heteroatoms. The van der Waals surface area contributed by atoms with Gasteiger partial charge in [-0.1, -0.05) is 30.3 Å². The van der Waals surface area contributed by atoms with E-state index < -0.39 is 22.8 Å². The van der Waals surface area contributed by atoms with Crippen LogP contribution in [-0.2, 0) is 0 Å². The van der Waals surface area contributed by atoms with Gasteiger partial charge in [-0.3, -0.25) is 4.79 Å². The summed E-state index contributed by atoms with van der Waals surface area (Å²) in [6.45, 7) is 1.15. The first-order valence-corrected chi connectivity index (χ1v) is 10.0. The number of anilines is 1. The van der Waals surface area contributed by atoms with Gasteiger partial charge >= 0.3 is 5.97 Å². The van der Waals surface area contributed by atoms with Gasteiger partial charge in [-0.2, -0.15) is 0 Å². The molecular weight excluding hydrogens is 397 g/mol. The molecule has 3 N–H and O–H groups in total. The number of hydrogen-bond acceptors (Lipinski definition) is 4. The molecule has 31 heavy (non-hydrogen) atoms. The molecule has 156 valence electrons. The Morgan fingerprint density at radius 3 is 2.58 bits per heavy atom. The second-order valence-electron chi connectivity index (χ2n) is 7.89. The summed E-state index contributed by atoms with van der Waals surface area (Å²) in [5, 5.41) is 11.6. The summed E-state index contributed by atoms with van der Waals surface area (Å²) in [7, 11) is 0. The maximum absolute atomic E-state index is 15.0. The number of nitrogens with zero attached hydrogens (tertiary/aromatic N) is 2. The molecule has 4 aromatic rings. The van der Waals surface area contributed by atoms with Crippen LogP contribution in [-0.4, -0.2) is 34.8 Å². The number of rotatable bonds is 3. The van der Waals surface area contributed by atoms with Gasteiger partial charge in [0.2, 0.25) is 5.43 Å². The minimum absolute atomic E-state index is 0.0257. The number of pyridine rings is 1. The average molecular weight is 417 g/mol. The van der Waals surface area contributed by atoms with Crippen molar-refractivity contribution < 1.29 is 14.3 Å². The summed E-state index contributed by atoms with van der Waals surface area (Å²) in [4.78, 5) is 26.4. The maximum Gasteiger partial charge on any atom is 0.341 e. The smallest absolute Gasteiger partial charge is 0.341 e. The van der Waals surface area contributed by atoms with Crippen molar-refractivity contribution in [3.05, 3.63) is 82.4 Å². The lowest BCUT2D eigenvalue weighted by molar-refractivity contribution is 0.0695. The number of carboxylic acid groups (broad SMARTS) is 1. The first-order chi connectivity index (χ1) is 14.9. The van der Waals surface area contributed by atoms with E-state index >= 15 is 0 Å². The minimum atomic E-state index is -1.35. The Morgan fingerprint density at radius 2 is 1.87 bits per heavy atom. The zero-order valence-electron chi connectivity index (χ0n) is 16.6. The summed E-state index contributed by atoms with van der Waals surface area (Å²) < 4.78 is 16.6. The van der Waals surface area contributed by atoms with Gasteiger partial charge in [-0.15, -0.1) is 0 Å². The number of hydrogen-bond donors (Lipinski definition) is 2. The van der Waals surface area contributed by atoms with E-state index in [1.54, 1.807) is 10.6 Å². The fourth-order valence-corrected chi connectivity index (χ4v) is 4.28. The van der Waals surface area contributed by atoms with Gasteiger partial charge in [-0.25, -0.2) is 9.18 Å². The Morgan fingerprint density at radius 1 is 1.10 bits per heavy atom. The normalized spacial score (nSPS) is 16.3. The minimum Gasteiger partial charge on any atom is -0.477 e. The molecule has 1 saturated heterocycles. The highest BCUT2D eigenvalue weighted by Crippen LogP contribution is 2.30. The number of halogens is 1. The number of benzene rings is 3. The van der Waals surface area contributed by atoms with Crippen LogP contribution in [0.1, 0.15) is 16.8 Å². The topological polar surface area (TPSA) is 88.6 Å². The zero-order chi connectivity index (χ0) is 21.7. The lowest BCUT2D eigenvalue weighted by Gasteiger charge is -2.21. The Bertz CT molecular complexity index is 1410. The van der Waals surface area contributed by atoms with Gasteiger partial charge in [0.25, 0.3) is 0 Å². The van der Waals surface area contributed by atoms with Crippen molar-refractivity contribution in [1.29, 1.82) is 0 Å². The third-order valence-corrected chi connectivity index (χ3v) is 5.88. The predicted octanol–water partition coefficient (Wildman–Crippen LogP) is 3.52. The van der Waals surface area contributed by atoms with Crippen LogP contribution in [0, 0.1) is 5.82 Å². The molecule has 0 spiro atoms. The zero-order valence-corrected chi connectivity index (χ0v) is 16.6. The molecule has 3 aromatic carbocycles. The Labute approximate surface area is 176 Å². The molecule has 1 atom stereocenters. The molecule has 2 heterocycles. The maximum atomic E-state index is 15.0. The Kier molecular flexibility index (Phi) is 4.48. The molecule has 0 radical (unpaired) electrons. The van der Waals surface area contributed by atoms with Crippen LogP contribution in [0.5, 0.6) is 0 Å². The van der Waals surface area contributed by atoms with E-state index in [1.165, 1.54) is 6.20 Å². The monoisotopic (exact) mass is 417 g/mol. The van der Waals surface area contributed by atoms with Crippen molar-refractivity contribution in [2.45, 2.75) is 12.5 Å². The van der Waals surface area contributed by atoms with Crippen LogP contribution >= 0.6 is 0 Å². The van der Waals surface area contributed by atoms with E-state index in [9.17, 15) is 19.1 Å². The molecule has 1 aliphatic heterocycles. The number of nitrogens with two attached hydrogens (primary N) is 1. The van der Waals surface area contributed by atoms with Crippen molar-refractivity contribution >= 4 is 33.3 Å². The van der Waals surface area contributed by atoms with Crippen molar-refractivity contribution in [3.63, 3.8) is 0 Å². The second kappa shape index (κ2) is 7.21. The van der Waals surface area contributed by atoms with Crippen LogP contribution < -0.4 is 16.1 Å². The van der Waals surface area contributed by atoms with E-state index in [0.29, 0.717) is 30.0 Å². The molecule has 6 nitrogen and oxygen atoms in total. The highest BCUT2D eigenvalue weighted by atomic mass is 19.1. The number of aromatic carboxylic acids is 1. The van der Waals surface area contributed by atoms with Crippen LogP contribution in [0.25, 0.3) is 27.4 Å². The fourth-order valence-electron chi connectivity index (χ4n) is 4.28. The van der Waals surface area contributed by atoms with Crippen LogP contribution in [0.2, 0.25) is 0 Å². The van der Waals surface area contributed by atoms with E-state index in [2.05, 4.69) is 0 Å². The van der Waals surface area contributed by atoms with Crippen LogP contribution in [0.4, 0.5) is 10.1 Å². The van der Waals surface area contributed by atoms with E-state index in [4.69, 9.17) is 5.73 Å². The largest absolute Gasteiger partial charge is 0.477 e. The summed E-state index contributed by atoms with van der Waals surface area (Å²) in [5.74, 6) is -1.91. The first-order valence-electron chi connectivity index (χ1n) is 10.0. The van der Waals surface area contributed by atoms with Gasteiger partial charge < -0.3 is 20.3 Å². The number of carbonyl (C=O) groups is 1. The predicted molar refractivity (Wildman–Crippen MR) is 119 cm³/mol. The molecule has 0 aliphatic carbocycles. The summed E-state index contributed by atoms with van der Waals surface area (Å²) in [6, 6.07) is 16.2. The quantitative estimate of drug-likeness (QED) is 0.533. The van der Waals surface area contributed by atoms with Crippen molar-refractivity contribution in [3.8, 4) is 5.69 Å². The third kappa shape index (κ3) is 3.23. The number of fused-ring (bicyclic) bond motifs is 2. The van der Waals surface area contributed by atoms with Crippen LogP contribution in [0.15, 0.2) is 65.6 Å². The molecule has 1 fully saturated rings. The van der Waals surface area contributed by atoms with Gasteiger partial charge in [0.1, 0.15) is 11.4 Å². The third-order valence-electron chi connectivity index (χ3n) is 5.88. The summed E-state index contributed by atoms with van der Waals surface area (Å²) >= 11 is 0. The highest BCUT2D eigenvalue weighted by molar-refractivity contribution is 5.95. The number of carboxylic acids is 1. The summed E-state index contributed by atoms with van der Waals surface area (Å²) in [5.41, 5.74) is 6.37. The molecule has 0 amide bonds. The molecule has 0 saturated carbocycles. The van der Waals surface area contributed by atoms with E-state index in [0.717, 1.165) is 23.3 Å². The standard InChI is InChI=1S/C24H20FN3O3/c25-20-10-18-21(11-22(20)27-8-7-16(26)12-27)28(13-19(23(18)29)24(30)31)17-6-5-14-3-1-2-4-15(14)9-17/h1-6,9-11,13,16H,7-8,12,26H2,(H,30,31)/t16-/m0/s1. The first kappa shape index (κ1) is 19.3. The van der Waals surface area contributed by atoms with Gasteiger partial charge in [0.05, 0.1) is 11.2 Å². The Hall–Kier alpha value is -3.71. The molecule has 0 unspecified atom stereocenters. The fraction of sp³-hybridized carbons (Fsp3) is 0.167. The van der Waals surface area contributed by atoms with E-state index in [1.807, 2.05) is 47.4 Å². The molecule has 1 aliphatic rings. The van der Waals surface area contributed by atoms with Crippen LogP contribution in [0.3, 0.4) is 0 Å². The van der Waals surface area contributed by atoms with Crippen molar-refractivity contribution in [2.75, 3.05) is 18.0 Å². The lowest BCUT2D eigenvalue weighted by Crippen LogP contribution is -2.27. The lowest BCUT2D eigenvalue weighted by atomic mass is 10.1. The van der Waals surface area contributed by atoms with Gasteiger partial charge in [0, 0.05) is 36.4 Å². The molecule has 0 bridgehead atoms. The average Bonchev–Trinajstić information content (AvgIpc) is 3.19. The molecular formula is C24H20FN3O3.